The van der Waals surface area contributed by atoms with Gasteiger partial charge in [0.15, 0.2) is 0 Å². The van der Waals surface area contributed by atoms with Gasteiger partial charge >= 0.3 is 0 Å². The van der Waals surface area contributed by atoms with Gasteiger partial charge in [0.05, 0.1) is 6.67 Å². The molecule has 1 aromatic heterocycles. The molecule has 0 spiro atoms. The molecule has 1 aliphatic rings. The number of carbonyl (C=O) groups is 1. The van der Waals surface area contributed by atoms with E-state index in [9.17, 15) is 4.79 Å². The van der Waals surface area contributed by atoms with Crippen molar-refractivity contribution in [3.63, 3.8) is 0 Å². The first-order valence-electron chi connectivity index (χ1n) is 9.41. The van der Waals surface area contributed by atoms with Gasteiger partial charge in [-0.2, -0.15) is 0 Å². The quantitative estimate of drug-likeness (QED) is 0.668. The van der Waals surface area contributed by atoms with Crippen LogP contribution in [0.2, 0.25) is 0 Å². The number of hydrogen-bond donors (Lipinski definition) is 1. The maximum absolute atomic E-state index is 12.3. The maximum atomic E-state index is 12.3. The van der Waals surface area contributed by atoms with Crippen LogP contribution in [0.4, 0.5) is 0 Å². The Morgan fingerprint density at radius 3 is 2.39 bits per heavy atom. The van der Waals surface area contributed by atoms with E-state index in [1.54, 1.807) is 4.68 Å². The molecule has 1 aliphatic heterocycles. The van der Waals surface area contributed by atoms with Gasteiger partial charge < -0.3 is 9.73 Å². The van der Waals surface area contributed by atoms with Crippen LogP contribution in [0.25, 0.3) is 11.5 Å². The van der Waals surface area contributed by atoms with Gasteiger partial charge in [0, 0.05) is 30.3 Å². The molecule has 2 aromatic carbocycles. The van der Waals surface area contributed by atoms with E-state index < -0.39 is 0 Å². The van der Waals surface area contributed by atoms with Crippen molar-refractivity contribution in [2.75, 3.05) is 13.1 Å². The molecule has 4 rings (SSSR count). The van der Waals surface area contributed by atoms with E-state index in [0.29, 0.717) is 23.0 Å². The van der Waals surface area contributed by atoms with E-state index in [2.05, 4.69) is 15.3 Å². The fourth-order valence-electron chi connectivity index (χ4n) is 3.36. The topological polar surface area (TPSA) is 63.3 Å². The standard InChI is InChI=1S/C21H22N4O2S/c26-19(16-7-3-1-4-8-16)22-18-11-13-24(14-12-18)15-25-21(28)27-20(23-25)17-9-5-2-6-10-17/h1-10,18H,11-15H2,(H,22,26). The SMILES string of the molecule is O=C(NC1CCN(Cn2nc(-c3ccccc3)oc2=S)CC1)c1ccccc1. The molecule has 3 aromatic rings. The second kappa shape index (κ2) is 8.50. The van der Waals surface area contributed by atoms with Crippen LogP contribution < -0.4 is 5.32 Å². The molecule has 1 fully saturated rings. The molecule has 0 unspecified atom stereocenters. The van der Waals surface area contributed by atoms with Crippen LogP contribution in [0.1, 0.15) is 23.2 Å². The largest absolute Gasteiger partial charge is 0.409 e. The summed E-state index contributed by atoms with van der Waals surface area (Å²) in [4.78, 5) is 15.0. The highest BCUT2D eigenvalue weighted by molar-refractivity contribution is 7.71. The molecular weight excluding hydrogens is 372 g/mol. The maximum Gasteiger partial charge on any atom is 0.288 e. The summed E-state index contributed by atoms with van der Waals surface area (Å²) in [5.74, 6) is 0.529. The lowest BCUT2D eigenvalue weighted by atomic mass is 10.0. The highest BCUT2D eigenvalue weighted by Crippen LogP contribution is 2.18. The second-order valence-electron chi connectivity index (χ2n) is 6.91. The van der Waals surface area contributed by atoms with Gasteiger partial charge in [-0.15, -0.1) is 5.10 Å². The van der Waals surface area contributed by atoms with E-state index >= 15 is 0 Å². The summed E-state index contributed by atoms with van der Waals surface area (Å²) in [6.07, 6.45) is 1.80. The molecule has 2 heterocycles. The van der Waals surface area contributed by atoms with Gasteiger partial charge in [-0.05, 0) is 49.3 Å². The Kier molecular flexibility index (Phi) is 5.64. The Morgan fingerprint density at radius 2 is 1.71 bits per heavy atom. The molecule has 0 radical (unpaired) electrons. The number of aromatic nitrogens is 2. The van der Waals surface area contributed by atoms with Crippen molar-refractivity contribution in [3.8, 4) is 11.5 Å². The van der Waals surface area contributed by atoms with Crippen LogP contribution in [0.15, 0.2) is 65.1 Å². The van der Waals surface area contributed by atoms with Gasteiger partial charge in [0.25, 0.3) is 10.7 Å². The minimum absolute atomic E-state index is 0.00901. The Bertz CT molecular complexity index is 976. The Balaban J connectivity index is 1.32. The second-order valence-corrected chi connectivity index (χ2v) is 7.26. The van der Waals surface area contributed by atoms with Crippen molar-refractivity contribution in [2.24, 2.45) is 0 Å². The molecule has 144 valence electrons. The molecule has 0 atom stereocenters. The zero-order valence-electron chi connectivity index (χ0n) is 15.5. The Morgan fingerprint density at radius 1 is 1.07 bits per heavy atom. The molecule has 7 heteroatoms. The number of hydrogen-bond acceptors (Lipinski definition) is 5. The number of nitrogens with one attached hydrogen (secondary N) is 1. The number of carbonyl (C=O) groups excluding carboxylic acids is 1. The summed E-state index contributed by atoms with van der Waals surface area (Å²) in [6, 6.07) is 19.3. The van der Waals surface area contributed by atoms with E-state index in [4.69, 9.17) is 16.6 Å². The third kappa shape index (κ3) is 4.37. The van der Waals surface area contributed by atoms with Crippen LogP contribution in [0.3, 0.4) is 0 Å². The van der Waals surface area contributed by atoms with E-state index in [1.165, 1.54) is 0 Å². The number of amides is 1. The van der Waals surface area contributed by atoms with Crippen molar-refractivity contribution >= 4 is 18.1 Å². The number of rotatable bonds is 5. The lowest BCUT2D eigenvalue weighted by Gasteiger charge is -2.31. The smallest absolute Gasteiger partial charge is 0.288 e. The molecule has 1 N–H and O–H groups in total. The number of nitrogens with zero attached hydrogens (tertiary/aromatic N) is 3. The van der Waals surface area contributed by atoms with Crippen LogP contribution in [0.5, 0.6) is 0 Å². The third-order valence-electron chi connectivity index (χ3n) is 4.92. The average Bonchev–Trinajstić information content (AvgIpc) is 3.11. The van der Waals surface area contributed by atoms with Crippen LogP contribution in [0, 0.1) is 4.84 Å². The molecule has 0 bridgehead atoms. The molecular formula is C21H22N4O2S. The van der Waals surface area contributed by atoms with Gasteiger partial charge in [-0.3, -0.25) is 9.69 Å². The molecule has 1 amide bonds. The highest BCUT2D eigenvalue weighted by Gasteiger charge is 2.22. The van der Waals surface area contributed by atoms with Crippen molar-refractivity contribution in [3.05, 3.63) is 71.1 Å². The molecule has 1 saturated heterocycles. The van der Waals surface area contributed by atoms with Crippen molar-refractivity contribution < 1.29 is 9.21 Å². The van der Waals surface area contributed by atoms with Crippen LogP contribution >= 0.6 is 12.2 Å². The normalized spacial score (nSPS) is 15.4. The minimum atomic E-state index is -0.00901. The summed E-state index contributed by atoms with van der Waals surface area (Å²) >= 11 is 5.33. The predicted octanol–water partition coefficient (Wildman–Crippen LogP) is 3.72. The van der Waals surface area contributed by atoms with Crippen LogP contribution in [-0.4, -0.2) is 39.7 Å². The summed E-state index contributed by atoms with van der Waals surface area (Å²) in [5, 5.41) is 7.65. The molecule has 0 saturated carbocycles. The Hall–Kier alpha value is -2.77. The van der Waals surface area contributed by atoms with Gasteiger partial charge in [0.1, 0.15) is 0 Å². The fraction of sp³-hybridized carbons (Fsp3) is 0.286. The van der Waals surface area contributed by atoms with Crippen molar-refractivity contribution in [1.29, 1.82) is 0 Å². The van der Waals surface area contributed by atoms with Gasteiger partial charge in [-0.25, -0.2) is 4.68 Å². The Labute approximate surface area is 168 Å². The van der Waals surface area contributed by atoms with Gasteiger partial charge in [0.2, 0.25) is 5.89 Å². The number of likely N-dealkylation sites (tertiary alicyclic amines) is 1. The monoisotopic (exact) mass is 394 g/mol. The highest BCUT2D eigenvalue weighted by atomic mass is 32.1. The number of benzene rings is 2. The van der Waals surface area contributed by atoms with Gasteiger partial charge in [-0.1, -0.05) is 36.4 Å². The number of piperidine rings is 1. The first-order valence-corrected chi connectivity index (χ1v) is 9.81. The first-order chi connectivity index (χ1) is 13.7. The lowest BCUT2D eigenvalue weighted by molar-refractivity contribution is 0.0895. The molecule has 6 nitrogen and oxygen atoms in total. The summed E-state index contributed by atoms with van der Waals surface area (Å²) < 4.78 is 7.37. The first kappa shape index (κ1) is 18.6. The lowest BCUT2D eigenvalue weighted by Crippen LogP contribution is -2.45. The van der Waals surface area contributed by atoms with Crippen LogP contribution in [-0.2, 0) is 6.67 Å². The zero-order valence-corrected chi connectivity index (χ0v) is 16.3. The fourth-order valence-corrected chi connectivity index (χ4v) is 3.54. The summed E-state index contributed by atoms with van der Waals surface area (Å²) in [5.41, 5.74) is 1.61. The third-order valence-corrected chi connectivity index (χ3v) is 5.21. The van der Waals surface area contributed by atoms with Crippen molar-refractivity contribution in [2.45, 2.75) is 25.6 Å². The minimum Gasteiger partial charge on any atom is -0.409 e. The van der Waals surface area contributed by atoms with E-state index in [1.807, 2.05) is 60.7 Å². The van der Waals surface area contributed by atoms with Crippen molar-refractivity contribution in [1.82, 2.24) is 20.0 Å². The zero-order chi connectivity index (χ0) is 19.3. The summed E-state index contributed by atoms with van der Waals surface area (Å²) in [7, 11) is 0. The van der Waals surface area contributed by atoms with E-state index in [0.717, 1.165) is 31.5 Å². The molecule has 28 heavy (non-hydrogen) atoms. The molecule has 0 aliphatic carbocycles. The predicted molar refractivity (Wildman–Crippen MR) is 109 cm³/mol. The summed E-state index contributed by atoms with van der Waals surface area (Å²) in [6.45, 7) is 2.33. The average molecular weight is 395 g/mol. The van der Waals surface area contributed by atoms with E-state index in [-0.39, 0.29) is 11.9 Å².